The van der Waals surface area contributed by atoms with Gasteiger partial charge in [-0.15, -0.1) is 0 Å². The molecule has 7 nitrogen and oxygen atoms in total. The van der Waals surface area contributed by atoms with Gasteiger partial charge in [-0.1, -0.05) is 0 Å². The monoisotopic (exact) mass is 342 g/mol. The highest BCUT2D eigenvalue weighted by molar-refractivity contribution is 5.92. The second kappa shape index (κ2) is 6.38. The molecule has 1 atom stereocenters. The molecular formula is C18H22N4O3. The van der Waals surface area contributed by atoms with Crippen LogP contribution in [0.5, 0.6) is 0 Å². The van der Waals surface area contributed by atoms with Gasteiger partial charge >= 0.3 is 0 Å². The van der Waals surface area contributed by atoms with E-state index >= 15 is 0 Å². The average molecular weight is 342 g/mol. The number of hydrogen-bond donors (Lipinski definition) is 1. The highest BCUT2D eigenvalue weighted by atomic mass is 16.3. The number of imidazole rings is 1. The van der Waals surface area contributed by atoms with Crippen molar-refractivity contribution in [2.45, 2.75) is 45.3 Å². The van der Waals surface area contributed by atoms with Crippen molar-refractivity contribution in [2.24, 2.45) is 5.92 Å². The van der Waals surface area contributed by atoms with Crippen LogP contribution in [-0.2, 0) is 17.9 Å². The van der Waals surface area contributed by atoms with Crippen LogP contribution in [0.4, 0.5) is 0 Å². The van der Waals surface area contributed by atoms with Crippen LogP contribution in [-0.4, -0.2) is 32.8 Å². The molecule has 1 fully saturated rings. The molecule has 3 heterocycles. The van der Waals surface area contributed by atoms with Gasteiger partial charge in [0.05, 0.1) is 18.8 Å². The van der Waals surface area contributed by atoms with Gasteiger partial charge in [0.25, 0.3) is 5.91 Å². The molecule has 25 heavy (non-hydrogen) atoms. The first-order chi connectivity index (χ1) is 12.1. The average Bonchev–Trinajstić information content (AvgIpc) is 3.11. The number of nitrogens with one attached hydrogen (secondary N) is 1. The summed E-state index contributed by atoms with van der Waals surface area (Å²) in [5, 5.41) is 2.80. The molecule has 2 aromatic heterocycles. The summed E-state index contributed by atoms with van der Waals surface area (Å²) in [5.41, 5.74) is 0.380. The van der Waals surface area contributed by atoms with E-state index in [9.17, 15) is 9.59 Å². The highest BCUT2D eigenvalue weighted by Crippen LogP contribution is 2.34. The third kappa shape index (κ3) is 3.31. The van der Waals surface area contributed by atoms with Crippen molar-refractivity contribution >= 4 is 11.8 Å². The van der Waals surface area contributed by atoms with Gasteiger partial charge in [-0.2, -0.15) is 0 Å². The molecule has 0 spiro atoms. The van der Waals surface area contributed by atoms with Gasteiger partial charge in [0.1, 0.15) is 17.3 Å². The highest BCUT2D eigenvalue weighted by Gasteiger charge is 2.33. The number of aromatic nitrogens is 2. The van der Waals surface area contributed by atoms with Gasteiger partial charge in [0.15, 0.2) is 0 Å². The minimum atomic E-state index is -0.235. The van der Waals surface area contributed by atoms with Gasteiger partial charge in [0.2, 0.25) is 5.91 Å². The van der Waals surface area contributed by atoms with Gasteiger partial charge in [-0.25, -0.2) is 4.98 Å². The third-order valence-electron chi connectivity index (χ3n) is 4.95. The first kappa shape index (κ1) is 15.9. The Hall–Kier alpha value is -2.57. The molecule has 2 amide bonds. The SMILES string of the molecule is CC1c2nc(C(=O)NCc3ccco3)cn2CCN1C(=O)CC1CC1. The quantitative estimate of drug-likeness (QED) is 0.902. The molecule has 1 N–H and O–H groups in total. The molecule has 1 saturated carbocycles. The van der Waals surface area contributed by atoms with Gasteiger partial charge in [-0.05, 0) is 37.8 Å². The van der Waals surface area contributed by atoms with E-state index in [1.54, 1.807) is 18.5 Å². The minimum absolute atomic E-state index is 0.105. The van der Waals surface area contributed by atoms with Crippen LogP contribution >= 0.6 is 0 Å². The number of fused-ring (bicyclic) bond motifs is 1. The zero-order chi connectivity index (χ0) is 17.4. The van der Waals surface area contributed by atoms with Gasteiger partial charge < -0.3 is 19.2 Å². The zero-order valence-corrected chi connectivity index (χ0v) is 14.3. The van der Waals surface area contributed by atoms with Crippen LogP contribution in [0, 0.1) is 5.92 Å². The van der Waals surface area contributed by atoms with E-state index in [1.807, 2.05) is 22.5 Å². The lowest BCUT2D eigenvalue weighted by atomic mass is 10.1. The molecule has 0 bridgehead atoms. The van der Waals surface area contributed by atoms with Crippen LogP contribution in [0.1, 0.15) is 54.3 Å². The van der Waals surface area contributed by atoms with Crippen molar-refractivity contribution in [3.63, 3.8) is 0 Å². The minimum Gasteiger partial charge on any atom is -0.467 e. The summed E-state index contributed by atoms with van der Waals surface area (Å²) in [6.07, 6.45) is 6.32. The Morgan fingerprint density at radius 3 is 2.92 bits per heavy atom. The molecule has 2 aromatic rings. The van der Waals surface area contributed by atoms with Crippen LogP contribution < -0.4 is 5.32 Å². The fourth-order valence-corrected chi connectivity index (χ4v) is 3.30. The molecular weight excluding hydrogens is 320 g/mol. The van der Waals surface area contributed by atoms with Crippen molar-refractivity contribution in [3.8, 4) is 0 Å². The second-order valence-electron chi connectivity index (χ2n) is 6.85. The van der Waals surface area contributed by atoms with Crippen LogP contribution in [0.15, 0.2) is 29.0 Å². The Morgan fingerprint density at radius 2 is 2.20 bits per heavy atom. The summed E-state index contributed by atoms with van der Waals surface area (Å²) >= 11 is 0. The standard InChI is InChI=1S/C18H22N4O3/c1-12-17-20-15(18(24)19-10-14-3-2-8-25-14)11-21(17)6-7-22(12)16(23)9-13-4-5-13/h2-3,8,11-13H,4-7,9-10H2,1H3,(H,19,24). The van der Waals surface area contributed by atoms with E-state index in [0.29, 0.717) is 43.4 Å². The van der Waals surface area contributed by atoms with E-state index in [0.717, 1.165) is 5.82 Å². The topological polar surface area (TPSA) is 80.4 Å². The Morgan fingerprint density at radius 1 is 1.36 bits per heavy atom. The summed E-state index contributed by atoms with van der Waals surface area (Å²) in [7, 11) is 0. The van der Waals surface area contributed by atoms with Crippen molar-refractivity contribution in [3.05, 3.63) is 41.9 Å². The van der Waals surface area contributed by atoms with Crippen LogP contribution in [0.2, 0.25) is 0 Å². The van der Waals surface area contributed by atoms with Crippen LogP contribution in [0.3, 0.4) is 0 Å². The van der Waals surface area contributed by atoms with Crippen molar-refractivity contribution in [2.75, 3.05) is 6.54 Å². The Balaban J connectivity index is 1.43. The Labute approximate surface area is 146 Å². The molecule has 1 unspecified atom stereocenters. The van der Waals surface area contributed by atoms with E-state index in [4.69, 9.17) is 4.42 Å². The number of hydrogen-bond acceptors (Lipinski definition) is 4. The smallest absolute Gasteiger partial charge is 0.271 e. The van der Waals surface area contributed by atoms with Crippen LogP contribution in [0.25, 0.3) is 0 Å². The number of amides is 2. The Kier molecular flexibility index (Phi) is 4.07. The lowest BCUT2D eigenvalue weighted by Crippen LogP contribution is -2.41. The number of carbonyl (C=O) groups is 2. The number of rotatable bonds is 5. The summed E-state index contributed by atoms with van der Waals surface area (Å²) in [6, 6.07) is 3.49. The largest absolute Gasteiger partial charge is 0.467 e. The predicted octanol–water partition coefficient (Wildman–Crippen LogP) is 2.11. The third-order valence-corrected chi connectivity index (χ3v) is 4.95. The second-order valence-corrected chi connectivity index (χ2v) is 6.85. The number of nitrogens with zero attached hydrogens (tertiary/aromatic N) is 3. The van der Waals surface area contributed by atoms with Crippen molar-refractivity contribution in [1.29, 1.82) is 0 Å². The molecule has 7 heteroatoms. The van der Waals surface area contributed by atoms with E-state index in [2.05, 4.69) is 10.3 Å². The molecule has 2 aliphatic rings. The molecule has 0 radical (unpaired) electrons. The molecule has 132 valence electrons. The maximum absolute atomic E-state index is 12.4. The van der Waals surface area contributed by atoms with Gasteiger partial charge in [-0.3, -0.25) is 9.59 Å². The summed E-state index contributed by atoms with van der Waals surface area (Å²) < 4.78 is 7.19. The molecule has 0 saturated heterocycles. The number of furan rings is 1. The van der Waals surface area contributed by atoms with Crippen molar-refractivity contribution in [1.82, 2.24) is 19.8 Å². The summed E-state index contributed by atoms with van der Waals surface area (Å²) in [6.45, 7) is 3.65. The maximum atomic E-state index is 12.4. The number of carbonyl (C=O) groups excluding carboxylic acids is 2. The first-order valence-corrected chi connectivity index (χ1v) is 8.79. The molecule has 1 aliphatic heterocycles. The van der Waals surface area contributed by atoms with E-state index < -0.39 is 0 Å². The summed E-state index contributed by atoms with van der Waals surface area (Å²) in [4.78, 5) is 31.1. The van der Waals surface area contributed by atoms with E-state index in [1.165, 1.54) is 12.8 Å². The first-order valence-electron chi connectivity index (χ1n) is 8.79. The fourth-order valence-electron chi connectivity index (χ4n) is 3.30. The molecule has 4 rings (SSSR count). The van der Waals surface area contributed by atoms with E-state index in [-0.39, 0.29) is 17.9 Å². The zero-order valence-electron chi connectivity index (χ0n) is 14.3. The molecule has 1 aliphatic carbocycles. The lowest BCUT2D eigenvalue weighted by molar-refractivity contribution is -0.134. The summed E-state index contributed by atoms with van der Waals surface area (Å²) in [5.74, 6) is 2.01. The Bertz CT molecular complexity index is 776. The lowest BCUT2D eigenvalue weighted by Gasteiger charge is -2.33. The maximum Gasteiger partial charge on any atom is 0.271 e. The molecule has 0 aromatic carbocycles. The fraction of sp³-hybridized carbons (Fsp3) is 0.500. The normalized spacial score (nSPS) is 19.6. The predicted molar refractivity (Wildman–Crippen MR) is 89.6 cm³/mol. The van der Waals surface area contributed by atoms with Crippen molar-refractivity contribution < 1.29 is 14.0 Å². The van der Waals surface area contributed by atoms with Gasteiger partial charge in [0, 0.05) is 25.7 Å².